The molecule has 2 heterocycles. The van der Waals surface area contributed by atoms with Gasteiger partial charge in [-0.25, -0.2) is 4.98 Å². The van der Waals surface area contributed by atoms with Crippen LogP contribution in [-0.4, -0.2) is 36.0 Å². The molecule has 7 nitrogen and oxygen atoms in total. The number of fused-ring (bicyclic) bond motifs is 1. The molecule has 4 aromatic rings. The Labute approximate surface area is 219 Å². The fourth-order valence-electron chi connectivity index (χ4n) is 4.33. The molecule has 0 bridgehead atoms. The summed E-state index contributed by atoms with van der Waals surface area (Å²) >= 11 is 4.76. The number of thiazole rings is 1. The fraction of sp³-hybridized carbons (Fsp3) is 0.148. The van der Waals surface area contributed by atoms with Gasteiger partial charge in [-0.2, -0.15) is 0 Å². The Balaban J connectivity index is 1.72. The normalized spacial score (nSPS) is 17.1. The van der Waals surface area contributed by atoms with E-state index in [4.69, 9.17) is 9.47 Å². The second kappa shape index (κ2) is 9.40. The molecule has 9 heteroatoms. The van der Waals surface area contributed by atoms with Crippen molar-refractivity contribution in [3.05, 3.63) is 87.4 Å². The molecule has 1 amide bonds. The van der Waals surface area contributed by atoms with Crippen LogP contribution in [0.3, 0.4) is 0 Å². The van der Waals surface area contributed by atoms with Crippen molar-refractivity contribution in [3.63, 3.8) is 0 Å². The van der Waals surface area contributed by atoms with Crippen LogP contribution in [0.1, 0.15) is 22.7 Å². The summed E-state index contributed by atoms with van der Waals surface area (Å²) in [5.41, 5.74) is 2.54. The third-order valence-electron chi connectivity index (χ3n) is 6.07. The van der Waals surface area contributed by atoms with Gasteiger partial charge in [0.2, 0.25) is 0 Å². The van der Waals surface area contributed by atoms with Crippen LogP contribution in [0.5, 0.6) is 11.5 Å². The number of methoxy groups -OCH3 is 2. The number of hydrogen-bond acceptors (Lipinski definition) is 7. The number of nitrogens with zero attached hydrogens (tertiary/aromatic N) is 2. The lowest BCUT2D eigenvalue weighted by atomic mass is 9.95. The zero-order valence-corrected chi connectivity index (χ0v) is 22.0. The number of carbonyl (C=O) groups is 2. The highest BCUT2D eigenvalue weighted by atomic mass is 79.9. The molecule has 1 aliphatic heterocycles. The van der Waals surface area contributed by atoms with E-state index in [0.717, 1.165) is 14.7 Å². The predicted molar refractivity (Wildman–Crippen MR) is 143 cm³/mol. The van der Waals surface area contributed by atoms with E-state index in [0.29, 0.717) is 33.3 Å². The molecule has 0 radical (unpaired) electrons. The number of ether oxygens (including phenoxy) is 2. The van der Waals surface area contributed by atoms with E-state index in [1.165, 1.54) is 16.2 Å². The number of ketones is 1. The number of aromatic nitrogens is 1. The van der Waals surface area contributed by atoms with Crippen molar-refractivity contribution in [1.82, 2.24) is 4.98 Å². The number of aliphatic hydroxyl groups excluding tert-OH is 1. The number of rotatable bonds is 5. The molecule has 0 saturated carbocycles. The molecule has 0 aliphatic carbocycles. The second-order valence-electron chi connectivity index (χ2n) is 8.24. The van der Waals surface area contributed by atoms with Crippen molar-refractivity contribution < 1.29 is 24.2 Å². The van der Waals surface area contributed by atoms with E-state index >= 15 is 0 Å². The lowest BCUT2D eigenvalue weighted by Gasteiger charge is -2.23. The zero-order valence-electron chi connectivity index (χ0n) is 19.6. The number of hydrogen-bond donors (Lipinski definition) is 1. The van der Waals surface area contributed by atoms with Crippen molar-refractivity contribution in [3.8, 4) is 11.5 Å². The summed E-state index contributed by atoms with van der Waals surface area (Å²) in [6.07, 6.45) is 0. The molecule has 36 heavy (non-hydrogen) atoms. The van der Waals surface area contributed by atoms with Crippen LogP contribution < -0.4 is 14.4 Å². The Kier molecular flexibility index (Phi) is 6.27. The number of benzene rings is 3. The van der Waals surface area contributed by atoms with E-state index in [-0.39, 0.29) is 11.3 Å². The number of aryl methyl sites for hydroxylation is 1. The standard InChI is InChI=1S/C27H21BrN2O5S/c1-14-11-16(7-10-20(14)35-3)24(31)22-23(15-5-4-6-17(28)12-15)30(26(33)25(22)32)27-29-19-9-8-18(34-2)13-21(19)36-27/h4-13,23,31H,1-3H3/t23-/m0/s1. The molecular formula is C27H21BrN2O5S. The number of aliphatic hydroxyl groups is 1. The van der Waals surface area contributed by atoms with E-state index in [2.05, 4.69) is 20.9 Å². The second-order valence-corrected chi connectivity index (χ2v) is 10.2. The molecule has 0 spiro atoms. The molecule has 182 valence electrons. The first kappa shape index (κ1) is 24.0. The highest BCUT2D eigenvalue weighted by Crippen LogP contribution is 2.45. The Morgan fingerprint density at radius 1 is 1.06 bits per heavy atom. The SMILES string of the molecule is COc1ccc2nc(N3C(=O)C(=O)C(=C(O)c4ccc(OC)c(C)c4)[C@@H]3c3cccc(Br)c3)sc2c1. The number of anilines is 1. The molecule has 1 aromatic heterocycles. The maximum absolute atomic E-state index is 13.4. The molecule has 1 atom stereocenters. The molecular weight excluding hydrogens is 544 g/mol. The molecule has 1 N–H and O–H groups in total. The van der Waals surface area contributed by atoms with Crippen molar-refractivity contribution in [1.29, 1.82) is 0 Å². The van der Waals surface area contributed by atoms with Crippen LogP contribution in [0.25, 0.3) is 16.0 Å². The number of halogens is 1. The molecule has 5 rings (SSSR count). The van der Waals surface area contributed by atoms with E-state index in [1.54, 1.807) is 44.6 Å². The maximum atomic E-state index is 13.4. The number of Topliss-reactive ketones (excluding diaryl/α,β-unsaturated/α-hetero) is 1. The zero-order chi connectivity index (χ0) is 25.6. The molecule has 0 unspecified atom stereocenters. The Morgan fingerprint density at radius 2 is 1.86 bits per heavy atom. The largest absolute Gasteiger partial charge is 0.507 e. The van der Waals surface area contributed by atoms with Crippen molar-refractivity contribution >= 4 is 60.1 Å². The third kappa shape index (κ3) is 4.04. The van der Waals surface area contributed by atoms with Gasteiger partial charge in [-0.15, -0.1) is 0 Å². The van der Waals surface area contributed by atoms with Gasteiger partial charge in [0, 0.05) is 10.0 Å². The van der Waals surface area contributed by atoms with Crippen molar-refractivity contribution in [2.75, 3.05) is 19.1 Å². The summed E-state index contributed by atoms with van der Waals surface area (Å²) < 4.78 is 12.2. The van der Waals surface area contributed by atoms with Gasteiger partial charge in [0.1, 0.15) is 17.3 Å². The van der Waals surface area contributed by atoms with Crippen LogP contribution in [0.15, 0.2) is 70.7 Å². The monoisotopic (exact) mass is 564 g/mol. The van der Waals surface area contributed by atoms with Crippen LogP contribution >= 0.6 is 27.3 Å². The van der Waals surface area contributed by atoms with Gasteiger partial charge in [0.15, 0.2) is 5.13 Å². The number of carbonyl (C=O) groups excluding carboxylic acids is 2. The van der Waals surface area contributed by atoms with Crippen LogP contribution in [0, 0.1) is 6.92 Å². The third-order valence-corrected chi connectivity index (χ3v) is 7.58. The van der Waals surface area contributed by atoms with Gasteiger partial charge in [-0.1, -0.05) is 39.4 Å². The van der Waals surface area contributed by atoms with Gasteiger partial charge >= 0.3 is 5.91 Å². The van der Waals surface area contributed by atoms with Crippen LogP contribution in [0.2, 0.25) is 0 Å². The minimum Gasteiger partial charge on any atom is -0.507 e. The van der Waals surface area contributed by atoms with Crippen molar-refractivity contribution in [2.24, 2.45) is 0 Å². The van der Waals surface area contributed by atoms with Crippen molar-refractivity contribution in [2.45, 2.75) is 13.0 Å². The Bertz CT molecular complexity index is 1560. The Hall–Kier alpha value is -3.69. The van der Waals surface area contributed by atoms with E-state index in [1.807, 2.05) is 37.3 Å². The minimum atomic E-state index is -0.868. The lowest BCUT2D eigenvalue weighted by molar-refractivity contribution is -0.132. The predicted octanol–water partition coefficient (Wildman–Crippen LogP) is 6.01. The average molecular weight is 565 g/mol. The van der Waals surface area contributed by atoms with E-state index in [9.17, 15) is 14.7 Å². The molecule has 1 fully saturated rings. The van der Waals surface area contributed by atoms with Gasteiger partial charge in [-0.3, -0.25) is 14.5 Å². The highest BCUT2D eigenvalue weighted by molar-refractivity contribution is 9.10. The Morgan fingerprint density at radius 3 is 2.56 bits per heavy atom. The summed E-state index contributed by atoms with van der Waals surface area (Å²) in [5.74, 6) is -0.464. The van der Waals surface area contributed by atoms with Gasteiger partial charge in [0.05, 0.1) is 36.1 Å². The van der Waals surface area contributed by atoms with Crippen LogP contribution in [-0.2, 0) is 9.59 Å². The fourth-order valence-corrected chi connectivity index (χ4v) is 5.76. The first-order valence-electron chi connectivity index (χ1n) is 11.0. The first-order chi connectivity index (χ1) is 17.3. The number of amides is 1. The average Bonchev–Trinajstić information content (AvgIpc) is 3.41. The molecule has 1 saturated heterocycles. The van der Waals surface area contributed by atoms with Crippen LogP contribution in [0.4, 0.5) is 5.13 Å². The smallest absolute Gasteiger partial charge is 0.301 e. The highest BCUT2D eigenvalue weighted by Gasteiger charge is 2.48. The van der Waals surface area contributed by atoms with Gasteiger partial charge < -0.3 is 14.6 Å². The quantitative estimate of drug-likeness (QED) is 0.181. The summed E-state index contributed by atoms with van der Waals surface area (Å²) in [4.78, 5) is 32.8. The molecule has 1 aliphatic rings. The summed E-state index contributed by atoms with van der Waals surface area (Å²) in [7, 11) is 3.14. The summed E-state index contributed by atoms with van der Waals surface area (Å²) in [6, 6.07) is 17.0. The minimum absolute atomic E-state index is 0.000460. The van der Waals surface area contributed by atoms with E-state index < -0.39 is 17.7 Å². The van der Waals surface area contributed by atoms with Gasteiger partial charge in [-0.05, 0) is 66.6 Å². The molecule has 3 aromatic carbocycles. The topological polar surface area (TPSA) is 89.0 Å². The lowest BCUT2D eigenvalue weighted by Crippen LogP contribution is -2.29. The summed E-state index contributed by atoms with van der Waals surface area (Å²) in [6.45, 7) is 1.84. The summed E-state index contributed by atoms with van der Waals surface area (Å²) in [5, 5.41) is 11.7. The first-order valence-corrected chi connectivity index (χ1v) is 12.6. The maximum Gasteiger partial charge on any atom is 0.301 e. The van der Waals surface area contributed by atoms with Gasteiger partial charge in [0.25, 0.3) is 5.78 Å².